The van der Waals surface area contributed by atoms with Crippen LogP contribution < -0.4 is 21.9 Å². The smallest absolute Gasteiger partial charge is 0.407 e. The SMILES string of the molecule is CC(C)(C)OC(=O)NCCCn1c(=O)c2cc(F)c(NC3CCCCC3)cc2n(C2CCCC2)c1=O. The molecule has 0 spiro atoms. The molecule has 198 valence electrons. The van der Waals surface area contributed by atoms with Gasteiger partial charge in [-0.15, -0.1) is 0 Å². The highest BCUT2D eigenvalue weighted by Crippen LogP contribution is 2.32. The number of alkyl carbamates (subject to hydrolysis) is 1. The summed E-state index contributed by atoms with van der Waals surface area (Å²) in [6.07, 6.45) is 9.00. The average molecular weight is 503 g/mol. The number of anilines is 1. The first-order valence-corrected chi connectivity index (χ1v) is 13.4. The highest BCUT2D eigenvalue weighted by Gasteiger charge is 2.25. The summed E-state index contributed by atoms with van der Waals surface area (Å²) in [5.41, 5.74) is -0.612. The number of nitrogens with one attached hydrogen (secondary N) is 2. The topological polar surface area (TPSA) is 94.4 Å². The fourth-order valence-corrected chi connectivity index (χ4v) is 5.43. The van der Waals surface area contributed by atoms with E-state index in [2.05, 4.69) is 10.6 Å². The van der Waals surface area contributed by atoms with E-state index in [9.17, 15) is 14.4 Å². The van der Waals surface area contributed by atoms with Crippen LogP contribution in [0.5, 0.6) is 0 Å². The summed E-state index contributed by atoms with van der Waals surface area (Å²) in [5, 5.41) is 6.20. The molecule has 0 aliphatic heterocycles. The monoisotopic (exact) mass is 502 g/mol. The molecule has 0 atom stereocenters. The van der Waals surface area contributed by atoms with Crippen molar-refractivity contribution >= 4 is 22.7 Å². The van der Waals surface area contributed by atoms with Gasteiger partial charge in [0.25, 0.3) is 5.56 Å². The molecule has 0 radical (unpaired) electrons. The molecule has 9 heteroatoms. The van der Waals surface area contributed by atoms with Gasteiger partial charge >= 0.3 is 11.8 Å². The number of aromatic nitrogens is 2. The van der Waals surface area contributed by atoms with Crippen LogP contribution in [-0.4, -0.2) is 33.4 Å². The standard InChI is InChI=1S/C27H39FN4O4/c1-27(2,3)36-25(34)29-14-9-15-31-24(33)20-16-21(28)22(30-18-10-5-4-6-11-18)17-23(20)32(26(31)35)19-12-7-8-13-19/h16-19,30H,4-15H2,1-3H3,(H,29,34). The summed E-state index contributed by atoms with van der Waals surface area (Å²) in [7, 11) is 0. The van der Waals surface area contributed by atoms with E-state index >= 15 is 4.39 Å². The van der Waals surface area contributed by atoms with Gasteiger partial charge in [0.15, 0.2) is 0 Å². The molecule has 36 heavy (non-hydrogen) atoms. The van der Waals surface area contributed by atoms with Gasteiger partial charge < -0.3 is 15.4 Å². The van der Waals surface area contributed by atoms with Crippen LogP contribution in [0.15, 0.2) is 21.7 Å². The van der Waals surface area contributed by atoms with Crippen LogP contribution in [0.2, 0.25) is 0 Å². The number of nitrogens with zero attached hydrogens (tertiary/aromatic N) is 2. The molecule has 2 aliphatic rings. The van der Waals surface area contributed by atoms with E-state index in [-0.39, 0.29) is 36.2 Å². The third-order valence-corrected chi connectivity index (χ3v) is 7.14. The molecule has 0 saturated heterocycles. The van der Waals surface area contributed by atoms with Crippen molar-refractivity contribution in [2.75, 3.05) is 11.9 Å². The fourth-order valence-electron chi connectivity index (χ4n) is 5.43. The Morgan fingerprint density at radius 3 is 2.39 bits per heavy atom. The first-order chi connectivity index (χ1) is 17.1. The summed E-state index contributed by atoms with van der Waals surface area (Å²) < 4.78 is 23.3. The number of rotatable bonds is 7. The minimum Gasteiger partial charge on any atom is -0.444 e. The van der Waals surface area contributed by atoms with Crippen molar-refractivity contribution in [2.45, 2.75) is 109 Å². The van der Waals surface area contributed by atoms with Crippen molar-refractivity contribution in [3.8, 4) is 0 Å². The van der Waals surface area contributed by atoms with Crippen LogP contribution >= 0.6 is 0 Å². The number of fused-ring (bicyclic) bond motifs is 1. The zero-order chi connectivity index (χ0) is 25.9. The number of carbonyl (C=O) groups excluding carboxylic acids is 1. The predicted octanol–water partition coefficient (Wildman–Crippen LogP) is 5.08. The quantitative estimate of drug-likeness (QED) is 0.515. The number of hydrogen-bond donors (Lipinski definition) is 2. The lowest BCUT2D eigenvalue weighted by Gasteiger charge is -2.25. The lowest BCUT2D eigenvalue weighted by molar-refractivity contribution is 0.0526. The largest absolute Gasteiger partial charge is 0.444 e. The van der Waals surface area contributed by atoms with E-state index in [0.29, 0.717) is 17.6 Å². The first-order valence-electron chi connectivity index (χ1n) is 13.4. The van der Waals surface area contributed by atoms with Crippen LogP contribution in [0.25, 0.3) is 10.9 Å². The van der Waals surface area contributed by atoms with Gasteiger partial charge in [0.05, 0.1) is 16.6 Å². The molecule has 0 unspecified atom stereocenters. The molecule has 1 amide bonds. The van der Waals surface area contributed by atoms with E-state index in [4.69, 9.17) is 4.74 Å². The molecule has 2 saturated carbocycles. The number of halogens is 1. The maximum absolute atomic E-state index is 15.2. The minimum absolute atomic E-state index is 0.0141. The third kappa shape index (κ3) is 6.10. The van der Waals surface area contributed by atoms with Crippen LogP contribution in [0.1, 0.15) is 91.0 Å². The minimum atomic E-state index is -0.608. The Balaban J connectivity index is 1.63. The van der Waals surface area contributed by atoms with E-state index in [1.54, 1.807) is 31.4 Å². The number of carbonyl (C=O) groups is 1. The Morgan fingerprint density at radius 1 is 1.06 bits per heavy atom. The van der Waals surface area contributed by atoms with Gasteiger partial charge in [0.1, 0.15) is 11.4 Å². The van der Waals surface area contributed by atoms with Crippen LogP contribution in [0.4, 0.5) is 14.9 Å². The summed E-state index contributed by atoms with van der Waals surface area (Å²) in [5.74, 6) is -0.472. The summed E-state index contributed by atoms with van der Waals surface area (Å²) in [6, 6.07) is 3.13. The lowest BCUT2D eigenvalue weighted by atomic mass is 9.95. The van der Waals surface area contributed by atoms with E-state index in [1.807, 2.05) is 0 Å². The molecule has 1 heterocycles. The van der Waals surface area contributed by atoms with Gasteiger partial charge in [-0.25, -0.2) is 14.0 Å². The van der Waals surface area contributed by atoms with E-state index < -0.39 is 23.1 Å². The second-order valence-corrected chi connectivity index (χ2v) is 11.2. The van der Waals surface area contributed by atoms with Gasteiger partial charge in [-0.1, -0.05) is 32.1 Å². The lowest BCUT2D eigenvalue weighted by Crippen LogP contribution is -2.42. The van der Waals surface area contributed by atoms with Gasteiger partial charge in [0, 0.05) is 25.2 Å². The van der Waals surface area contributed by atoms with Crippen molar-refractivity contribution < 1.29 is 13.9 Å². The Kier molecular flexibility index (Phi) is 8.05. The number of ether oxygens (including phenoxy) is 1. The molecular weight excluding hydrogens is 463 g/mol. The van der Waals surface area contributed by atoms with Gasteiger partial charge in [-0.3, -0.25) is 13.9 Å². The molecule has 8 nitrogen and oxygen atoms in total. The Hall–Kier alpha value is -2.84. The number of hydrogen-bond acceptors (Lipinski definition) is 5. The summed E-state index contributed by atoms with van der Waals surface area (Å²) in [4.78, 5) is 38.8. The average Bonchev–Trinajstić information content (AvgIpc) is 3.34. The molecule has 1 aromatic carbocycles. The molecule has 2 aliphatic carbocycles. The Morgan fingerprint density at radius 2 is 1.72 bits per heavy atom. The zero-order valence-corrected chi connectivity index (χ0v) is 21.7. The van der Waals surface area contributed by atoms with Crippen molar-refractivity contribution in [2.24, 2.45) is 0 Å². The van der Waals surface area contributed by atoms with Crippen molar-refractivity contribution in [1.29, 1.82) is 0 Å². The van der Waals surface area contributed by atoms with E-state index in [0.717, 1.165) is 51.4 Å². The van der Waals surface area contributed by atoms with Crippen molar-refractivity contribution in [3.63, 3.8) is 0 Å². The second-order valence-electron chi connectivity index (χ2n) is 11.2. The van der Waals surface area contributed by atoms with Crippen LogP contribution in [0.3, 0.4) is 0 Å². The molecule has 1 aromatic heterocycles. The fraction of sp³-hybridized carbons (Fsp3) is 0.667. The molecule has 2 aromatic rings. The van der Waals surface area contributed by atoms with Crippen LogP contribution in [-0.2, 0) is 11.3 Å². The van der Waals surface area contributed by atoms with Crippen LogP contribution in [0, 0.1) is 5.82 Å². The molecule has 0 bridgehead atoms. The van der Waals surface area contributed by atoms with Gasteiger partial charge in [0.2, 0.25) is 0 Å². The molecular formula is C27H39FN4O4. The number of amides is 1. The normalized spacial score (nSPS) is 17.4. The van der Waals surface area contributed by atoms with E-state index in [1.165, 1.54) is 17.1 Å². The maximum Gasteiger partial charge on any atom is 0.407 e. The molecule has 4 rings (SSSR count). The Bertz CT molecular complexity index is 1200. The third-order valence-electron chi connectivity index (χ3n) is 7.14. The summed E-state index contributed by atoms with van der Waals surface area (Å²) >= 11 is 0. The zero-order valence-electron chi connectivity index (χ0n) is 21.7. The predicted molar refractivity (Wildman–Crippen MR) is 139 cm³/mol. The molecule has 2 N–H and O–H groups in total. The highest BCUT2D eigenvalue weighted by atomic mass is 19.1. The van der Waals surface area contributed by atoms with Crippen molar-refractivity contribution in [1.82, 2.24) is 14.5 Å². The van der Waals surface area contributed by atoms with Crippen molar-refractivity contribution in [3.05, 3.63) is 38.8 Å². The second kappa shape index (κ2) is 11.0. The summed E-state index contributed by atoms with van der Waals surface area (Å²) in [6.45, 7) is 5.71. The highest BCUT2D eigenvalue weighted by molar-refractivity contribution is 5.82. The Labute approximate surface area is 211 Å². The molecule has 2 fully saturated rings. The maximum atomic E-state index is 15.2. The van der Waals surface area contributed by atoms with Gasteiger partial charge in [-0.2, -0.15) is 0 Å². The first kappa shape index (κ1) is 26.2. The van der Waals surface area contributed by atoms with Gasteiger partial charge in [-0.05, 0) is 65.0 Å². The number of benzene rings is 1.